The fourth-order valence-electron chi connectivity index (χ4n) is 2.61. The minimum absolute atomic E-state index is 0.00959. The minimum atomic E-state index is -0.700. The Hall–Kier alpha value is -1.66. The molecular formula is C15H24N4O2. The van der Waals surface area contributed by atoms with Gasteiger partial charge in [0.1, 0.15) is 0 Å². The van der Waals surface area contributed by atoms with Crippen molar-refractivity contribution in [2.45, 2.75) is 19.4 Å². The predicted octanol–water partition coefficient (Wildman–Crippen LogP) is 0.652. The highest BCUT2D eigenvalue weighted by Crippen LogP contribution is 2.17. The third-order valence-corrected chi connectivity index (χ3v) is 3.59. The number of aromatic nitrogens is 1. The summed E-state index contributed by atoms with van der Waals surface area (Å²) < 4.78 is 0. The molecule has 1 fully saturated rings. The normalized spacial score (nSPS) is 16.9. The van der Waals surface area contributed by atoms with Crippen LogP contribution in [0.4, 0.5) is 5.69 Å². The fourth-order valence-corrected chi connectivity index (χ4v) is 2.61. The van der Waals surface area contributed by atoms with Crippen LogP contribution in [-0.4, -0.2) is 71.2 Å². The zero-order chi connectivity index (χ0) is 15.5. The molecule has 1 aliphatic heterocycles. The van der Waals surface area contributed by atoms with Gasteiger partial charge >= 0.3 is 0 Å². The second-order valence-corrected chi connectivity index (χ2v) is 6.05. The van der Waals surface area contributed by atoms with E-state index in [4.69, 9.17) is 0 Å². The van der Waals surface area contributed by atoms with Crippen molar-refractivity contribution in [2.24, 2.45) is 0 Å². The number of piperazine rings is 1. The van der Waals surface area contributed by atoms with Gasteiger partial charge in [-0.1, -0.05) is 0 Å². The van der Waals surface area contributed by atoms with Gasteiger partial charge in [0.05, 0.1) is 11.2 Å². The van der Waals surface area contributed by atoms with Gasteiger partial charge in [0, 0.05) is 57.9 Å². The van der Waals surface area contributed by atoms with Crippen LogP contribution in [0.2, 0.25) is 0 Å². The number of pyridine rings is 1. The number of carbonyl (C=O) groups excluding carboxylic acids is 1. The molecule has 0 radical (unpaired) electrons. The smallest absolute Gasteiger partial charge is 0.257 e. The molecule has 1 saturated heterocycles. The highest BCUT2D eigenvalue weighted by atomic mass is 16.3. The predicted molar refractivity (Wildman–Crippen MR) is 82.4 cm³/mol. The second kappa shape index (κ2) is 6.41. The first-order valence-electron chi connectivity index (χ1n) is 7.26. The van der Waals surface area contributed by atoms with Crippen LogP contribution >= 0.6 is 0 Å². The van der Waals surface area contributed by atoms with Gasteiger partial charge in [0.15, 0.2) is 0 Å². The molecule has 2 N–H and O–H groups in total. The number of hydrogen-bond donors (Lipinski definition) is 2. The third kappa shape index (κ3) is 4.15. The quantitative estimate of drug-likeness (QED) is 0.853. The molecule has 1 aromatic rings. The van der Waals surface area contributed by atoms with E-state index in [1.54, 1.807) is 39.4 Å². The second-order valence-electron chi connectivity index (χ2n) is 6.05. The van der Waals surface area contributed by atoms with Crippen LogP contribution < -0.4 is 5.32 Å². The SMILES string of the molecule is CNc1ccncc1C(=O)N1CCN(CC(C)(C)O)CC1. The molecule has 0 spiro atoms. The number of nitrogens with one attached hydrogen (secondary N) is 1. The molecule has 0 atom stereocenters. The Kier molecular flexibility index (Phi) is 4.80. The molecule has 0 saturated carbocycles. The number of carbonyl (C=O) groups is 1. The van der Waals surface area contributed by atoms with E-state index in [2.05, 4.69) is 15.2 Å². The Balaban J connectivity index is 1.97. The van der Waals surface area contributed by atoms with Crippen LogP contribution in [0.1, 0.15) is 24.2 Å². The van der Waals surface area contributed by atoms with E-state index in [-0.39, 0.29) is 5.91 Å². The summed E-state index contributed by atoms with van der Waals surface area (Å²) in [5.74, 6) is 0.00959. The number of hydrogen-bond acceptors (Lipinski definition) is 5. The van der Waals surface area contributed by atoms with E-state index in [0.29, 0.717) is 25.2 Å². The van der Waals surface area contributed by atoms with E-state index in [1.807, 2.05) is 4.90 Å². The van der Waals surface area contributed by atoms with Gasteiger partial charge in [0.2, 0.25) is 0 Å². The Morgan fingerprint density at radius 2 is 2.05 bits per heavy atom. The van der Waals surface area contributed by atoms with Crippen molar-refractivity contribution >= 4 is 11.6 Å². The van der Waals surface area contributed by atoms with Gasteiger partial charge in [0.25, 0.3) is 5.91 Å². The maximum absolute atomic E-state index is 12.5. The lowest BCUT2D eigenvalue weighted by atomic mass is 10.1. The Labute approximate surface area is 125 Å². The number of anilines is 1. The number of aliphatic hydroxyl groups is 1. The summed E-state index contributed by atoms with van der Waals surface area (Å²) in [6.45, 7) is 7.15. The zero-order valence-corrected chi connectivity index (χ0v) is 13.0. The molecule has 116 valence electrons. The molecule has 1 aliphatic rings. The molecule has 6 heteroatoms. The third-order valence-electron chi connectivity index (χ3n) is 3.59. The van der Waals surface area contributed by atoms with Crippen molar-refractivity contribution < 1.29 is 9.90 Å². The topological polar surface area (TPSA) is 68.7 Å². The summed E-state index contributed by atoms with van der Waals surface area (Å²) in [4.78, 5) is 20.6. The number of β-amino-alcohol motifs (C(OH)–C–C–N with tert-alkyl or cyclic N) is 1. The molecule has 6 nitrogen and oxygen atoms in total. The Morgan fingerprint density at radius 3 is 2.62 bits per heavy atom. The fraction of sp³-hybridized carbons (Fsp3) is 0.600. The van der Waals surface area contributed by atoms with E-state index >= 15 is 0 Å². The minimum Gasteiger partial charge on any atom is -0.389 e. The lowest BCUT2D eigenvalue weighted by Crippen LogP contribution is -2.52. The van der Waals surface area contributed by atoms with E-state index in [1.165, 1.54) is 0 Å². The summed E-state index contributed by atoms with van der Waals surface area (Å²) in [7, 11) is 1.80. The van der Waals surface area contributed by atoms with E-state index in [9.17, 15) is 9.90 Å². The summed E-state index contributed by atoms with van der Waals surface area (Å²) in [5, 5.41) is 12.9. The van der Waals surface area contributed by atoms with Crippen LogP contribution in [0.5, 0.6) is 0 Å². The average molecular weight is 292 g/mol. The monoisotopic (exact) mass is 292 g/mol. The van der Waals surface area contributed by atoms with Crippen molar-refractivity contribution in [2.75, 3.05) is 45.1 Å². The van der Waals surface area contributed by atoms with Crippen LogP contribution in [0, 0.1) is 0 Å². The molecule has 1 aromatic heterocycles. The molecule has 21 heavy (non-hydrogen) atoms. The molecule has 0 aromatic carbocycles. The van der Waals surface area contributed by atoms with Crippen molar-refractivity contribution in [3.8, 4) is 0 Å². The largest absolute Gasteiger partial charge is 0.389 e. The summed E-state index contributed by atoms with van der Waals surface area (Å²) in [6.07, 6.45) is 3.28. The van der Waals surface area contributed by atoms with Crippen molar-refractivity contribution in [1.29, 1.82) is 0 Å². The number of amides is 1. The molecule has 0 aliphatic carbocycles. The molecular weight excluding hydrogens is 268 g/mol. The van der Waals surface area contributed by atoms with E-state index in [0.717, 1.165) is 18.8 Å². The molecule has 1 amide bonds. The lowest BCUT2D eigenvalue weighted by Gasteiger charge is -2.37. The maximum atomic E-state index is 12.5. The molecule has 2 heterocycles. The van der Waals surface area contributed by atoms with Gasteiger partial charge in [-0.05, 0) is 19.9 Å². The first-order valence-corrected chi connectivity index (χ1v) is 7.26. The Bertz CT molecular complexity index is 491. The van der Waals surface area contributed by atoms with E-state index < -0.39 is 5.60 Å². The Morgan fingerprint density at radius 1 is 1.38 bits per heavy atom. The summed E-state index contributed by atoms with van der Waals surface area (Å²) >= 11 is 0. The van der Waals surface area contributed by atoms with Gasteiger partial charge in [-0.3, -0.25) is 14.7 Å². The van der Waals surface area contributed by atoms with Gasteiger partial charge in [-0.25, -0.2) is 0 Å². The average Bonchev–Trinajstić information content (AvgIpc) is 2.45. The number of rotatable bonds is 4. The molecule has 0 bridgehead atoms. The standard InChI is InChI=1S/C15H24N4O2/c1-15(2,21)11-18-6-8-19(9-7-18)14(20)12-10-17-5-4-13(12)16-3/h4-5,10,21H,6-9,11H2,1-3H3,(H,16,17). The molecule has 0 unspecified atom stereocenters. The van der Waals surface area contributed by atoms with Crippen LogP contribution in [-0.2, 0) is 0 Å². The first-order chi connectivity index (χ1) is 9.90. The summed E-state index contributed by atoms with van der Waals surface area (Å²) in [5.41, 5.74) is 0.708. The van der Waals surface area contributed by atoms with Gasteiger partial charge < -0.3 is 15.3 Å². The molecule has 2 rings (SSSR count). The maximum Gasteiger partial charge on any atom is 0.257 e. The van der Waals surface area contributed by atoms with Crippen molar-refractivity contribution in [3.05, 3.63) is 24.0 Å². The van der Waals surface area contributed by atoms with Crippen LogP contribution in [0.15, 0.2) is 18.5 Å². The number of nitrogens with zero attached hydrogens (tertiary/aromatic N) is 3. The van der Waals surface area contributed by atoms with Gasteiger partial charge in [-0.2, -0.15) is 0 Å². The van der Waals surface area contributed by atoms with Crippen molar-refractivity contribution in [1.82, 2.24) is 14.8 Å². The highest BCUT2D eigenvalue weighted by Gasteiger charge is 2.26. The van der Waals surface area contributed by atoms with Crippen LogP contribution in [0.3, 0.4) is 0 Å². The summed E-state index contributed by atoms with van der Waals surface area (Å²) in [6, 6.07) is 1.80. The van der Waals surface area contributed by atoms with Crippen molar-refractivity contribution in [3.63, 3.8) is 0 Å². The lowest BCUT2D eigenvalue weighted by molar-refractivity contribution is 0.0179. The van der Waals surface area contributed by atoms with Gasteiger partial charge in [-0.15, -0.1) is 0 Å². The van der Waals surface area contributed by atoms with Crippen LogP contribution in [0.25, 0.3) is 0 Å². The highest BCUT2D eigenvalue weighted by molar-refractivity contribution is 5.99. The zero-order valence-electron chi connectivity index (χ0n) is 13.0. The first kappa shape index (κ1) is 15.7.